The summed E-state index contributed by atoms with van der Waals surface area (Å²) in [4.78, 5) is 12.5. The first-order valence-electron chi connectivity index (χ1n) is 8.15. The van der Waals surface area contributed by atoms with E-state index in [1.165, 1.54) is 23.5 Å². The van der Waals surface area contributed by atoms with E-state index in [2.05, 4.69) is 15.3 Å². The standard InChI is InChI=1S/C18H10Cl4N4OS2/c19-11-3-1-9(5-13(11)21)15-7-28-17-23-24-18(26(17)25-15)29-8-16(27)10-2-4-12(20)14(22)6-10/h1-6H,7-8H2. The molecule has 29 heavy (non-hydrogen) atoms. The highest BCUT2D eigenvalue weighted by atomic mass is 35.5. The van der Waals surface area contributed by atoms with Gasteiger partial charge < -0.3 is 0 Å². The Morgan fingerprint density at radius 1 is 1.00 bits per heavy atom. The topological polar surface area (TPSA) is 60.1 Å². The summed E-state index contributed by atoms with van der Waals surface area (Å²) < 4.78 is 1.64. The highest BCUT2D eigenvalue weighted by Crippen LogP contribution is 2.30. The van der Waals surface area contributed by atoms with Gasteiger partial charge >= 0.3 is 0 Å². The van der Waals surface area contributed by atoms with Gasteiger partial charge in [0.15, 0.2) is 5.78 Å². The summed E-state index contributed by atoms with van der Waals surface area (Å²) in [6, 6.07) is 10.2. The third-order valence-electron chi connectivity index (χ3n) is 3.97. The van der Waals surface area contributed by atoms with Crippen LogP contribution in [0.25, 0.3) is 0 Å². The maximum absolute atomic E-state index is 12.5. The van der Waals surface area contributed by atoms with E-state index in [0.29, 0.717) is 41.7 Å². The average molecular weight is 504 g/mol. The summed E-state index contributed by atoms with van der Waals surface area (Å²) in [5.41, 5.74) is 2.17. The van der Waals surface area contributed by atoms with Crippen molar-refractivity contribution >= 4 is 81.4 Å². The number of benzene rings is 2. The molecule has 1 aliphatic heterocycles. The molecule has 1 aromatic heterocycles. The Bertz CT molecular complexity index is 1150. The summed E-state index contributed by atoms with van der Waals surface area (Å²) in [6.07, 6.45) is 0. The van der Waals surface area contributed by atoms with Crippen molar-refractivity contribution in [2.75, 3.05) is 11.5 Å². The number of carbonyl (C=O) groups excluding carboxylic acids is 1. The molecule has 0 saturated carbocycles. The van der Waals surface area contributed by atoms with Gasteiger partial charge in [-0.2, -0.15) is 9.78 Å². The molecular weight excluding hydrogens is 494 g/mol. The molecule has 2 heterocycles. The number of ketones is 1. The number of carbonyl (C=O) groups is 1. The van der Waals surface area contributed by atoms with Crippen LogP contribution in [0.2, 0.25) is 20.1 Å². The fraction of sp³-hybridized carbons (Fsp3) is 0.111. The Morgan fingerprint density at radius 3 is 2.45 bits per heavy atom. The molecule has 0 radical (unpaired) electrons. The third-order valence-corrected chi connectivity index (χ3v) is 7.30. The fourth-order valence-electron chi connectivity index (χ4n) is 2.50. The predicted octanol–water partition coefficient (Wildman–Crippen LogP) is 6.22. The highest BCUT2D eigenvalue weighted by molar-refractivity contribution is 8.00. The molecule has 11 heteroatoms. The second-order valence-corrected chi connectivity index (χ2v) is 9.40. The number of thioether (sulfide) groups is 2. The molecule has 148 valence electrons. The quantitative estimate of drug-likeness (QED) is 0.305. The van der Waals surface area contributed by atoms with Gasteiger partial charge in [0.25, 0.3) is 0 Å². The van der Waals surface area contributed by atoms with Crippen LogP contribution in [0.5, 0.6) is 0 Å². The van der Waals surface area contributed by atoms with Gasteiger partial charge in [-0.1, -0.05) is 76.0 Å². The fourth-order valence-corrected chi connectivity index (χ4v) is 4.77. The Balaban J connectivity index is 1.54. The molecule has 0 fully saturated rings. The Morgan fingerprint density at radius 2 is 1.72 bits per heavy atom. The minimum Gasteiger partial charge on any atom is -0.293 e. The molecule has 0 amide bonds. The molecule has 5 nitrogen and oxygen atoms in total. The van der Waals surface area contributed by atoms with Crippen LogP contribution in [0.15, 0.2) is 51.8 Å². The van der Waals surface area contributed by atoms with E-state index in [1.807, 2.05) is 6.07 Å². The van der Waals surface area contributed by atoms with E-state index in [-0.39, 0.29) is 11.5 Å². The third kappa shape index (κ3) is 4.60. The largest absolute Gasteiger partial charge is 0.293 e. The Hall–Kier alpha value is -1.22. The number of hydrogen-bond acceptors (Lipinski definition) is 6. The van der Waals surface area contributed by atoms with Gasteiger partial charge in [0.1, 0.15) is 0 Å². The van der Waals surface area contributed by atoms with Gasteiger partial charge in [-0.25, -0.2) is 0 Å². The number of halogens is 4. The summed E-state index contributed by atoms with van der Waals surface area (Å²) >= 11 is 26.8. The number of fused-ring (bicyclic) bond motifs is 1. The minimum atomic E-state index is -0.0944. The molecule has 2 aromatic carbocycles. The second-order valence-electron chi connectivity index (χ2n) is 5.88. The van der Waals surface area contributed by atoms with Crippen molar-refractivity contribution in [3.63, 3.8) is 0 Å². The maximum atomic E-state index is 12.5. The Labute approximate surface area is 194 Å². The highest BCUT2D eigenvalue weighted by Gasteiger charge is 2.21. The first-order chi connectivity index (χ1) is 13.9. The van der Waals surface area contributed by atoms with Crippen LogP contribution in [0.1, 0.15) is 15.9 Å². The summed E-state index contributed by atoms with van der Waals surface area (Å²) in [7, 11) is 0. The molecule has 0 unspecified atom stereocenters. The van der Waals surface area contributed by atoms with E-state index in [0.717, 1.165) is 11.3 Å². The zero-order valence-electron chi connectivity index (χ0n) is 14.4. The molecule has 1 aliphatic rings. The van der Waals surface area contributed by atoms with Crippen LogP contribution in [-0.4, -0.2) is 37.9 Å². The lowest BCUT2D eigenvalue weighted by Gasteiger charge is -2.14. The molecule has 0 N–H and O–H groups in total. The van der Waals surface area contributed by atoms with Crippen LogP contribution < -0.4 is 0 Å². The van der Waals surface area contributed by atoms with Crippen LogP contribution >= 0.6 is 69.9 Å². The van der Waals surface area contributed by atoms with E-state index >= 15 is 0 Å². The average Bonchev–Trinajstić information content (AvgIpc) is 3.12. The van der Waals surface area contributed by atoms with Gasteiger partial charge in [0.05, 0.1) is 31.6 Å². The SMILES string of the molecule is O=C(CSc1nnc2n1N=C(c1ccc(Cl)c(Cl)c1)CS2)c1ccc(Cl)c(Cl)c1. The molecule has 3 aromatic rings. The van der Waals surface area contributed by atoms with Crippen molar-refractivity contribution in [2.45, 2.75) is 10.3 Å². The maximum Gasteiger partial charge on any atom is 0.213 e. The molecule has 0 saturated heterocycles. The monoisotopic (exact) mass is 502 g/mol. The van der Waals surface area contributed by atoms with Gasteiger partial charge in [0.2, 0.25) is 10.3 Å². The van der Waals surface area contributed by atoms with Gasteiger partial charge in [-0.05, 0) is 30.3 Å². The lowest BCUT2D eigenvalue weighted by Crippen LogP contribution is -2.14. The first-order valence-corrected chi connectivity index (χ1v) is 11.6. The van der Waals surface area contributed by atoms with Crippen molar-refractivity contribution in [3.8, 4) is 0 Å². The van der Waals surface area contributed by atoms with Crippen molar-refractivity contribution in [3.05, 3.63) is 67.6 Å². The molecule has 0 aliphatic carbocycles. The summed E-state index contributed by atoms with van der Waals surface area (Å²) in [5.74, 6) is 0.699. The number of aromatic nitrogens is 3. The van der Waals surface area contributed by atoms with E-state index < -0.39 is 0 Å². The number of rotatable bonds is 5. The van der Waals surface area contributed by atoms with Crippen LogP contribution in [-0.2, 0) is 0 Å². The van der Waals surface area contributed by atoms with Crippen molar-refractivity contribution in [1.82, 2.24) is 14.9 Å². The van der Waals surface area contributed by atoms with Gasteiger partial charge in [-0.3, -0.25) is 4.79 Å². The number of Topliss-reactive ketones (excluding diaryl/α,β-unsaturated/α-hetero) is 1. The second kappa shape index (κ2) is 8.88. The molecule has 0 bridgehead atoms. The lowest BCUT2D eigenvalue weighted by molar-refractivity contribution is 0.102. The van der Waals surface area contributed by atoms with Crippen LogP contribution in [0, 0.1) is 0 Å². The van der Waals surface area contributed by atoms with E-state index in [1.54, 1.807) is 35.0 Å². The summed E-state index contributed by atoms with van der Waals surface area (Å²) in [5, 5.41) is 15.8. The Kier molecular flexibility index (Phi) is 6.44. The van der Waals surface area contributed by atoms with Crippen LogP contribution in [0.4, 0.5) is 0 Å². The number of nitrogens with zero attached hydrogens (tertiary/aromatic N) is 4. The van der Waals surface area contributed by atoms with Crippen molar-refractivity contribution in [2.24, 2.45) is 5.10 Å². The minimum absolute atomic E-state index is 0.0944. The summed E-state index contributed by atoms with van der Waals surface area (Å²) in [6.45, 7) is 0. The predicted molar refractivity (Wildman–Crippen MR) is 121 cm³/mol. The van der Waals surface area contributed by atoms with Gasteiger partial charge in [0, 0.05) is 16.9 Å². The van der Waals surface area contributed by atoms with Gasteiger partial charge in [-0.15, -0.1) is 10.2 Å². The van der Waals surface area contributed by atoms with E-state index in [4.69, 9.17) is 46.4 Å². The zero-order chi connectivity index (χ0) is 20.5. The lowest BCUT2D eigenvalue weighted by atomic mass is 10.1. The zero-order valence-corrected chi connectivity index (χ0v) is 19.1. The van der Waals surface area contributed by atoms with E-state index in [9.17, 15) is 4.79 Å². The number of hydrogen-bond donors (Lipinski definition) is 0. The van der Waals surface area contributed by atoms with Crippen LogP contribution in [0.3, 0.4) is 0 Å². The molecule has 0 atom stereocenters. The smallest absolute Gasteiger partial charge is 0.213 e. The first kappa shape index (κ1) is 21.0. The molecular formula is C18H10Cl4N4OS2. The van der Waals surface area contributed by atoms with Crippen molar-refractivity contribution < 1.29 is 4.79 Å². The van der Waals surface area contributed by atoms with Crippen molar-refractivity contribution in [1.29, 1.82) is 0 Å². The molecule has 0 spiro atoms. The normalized spacial score (nSPS) is 13.2. The molecule has 4 rings (SSSR count).